The lowest BCUT2D eigenvalue weighted by Crippen LogP contribution is -2.54. The van der Waals surface area contributed by atoms with Gasteiger partial charge in [0.2, 0.25) is 0 Å². The van der Waals surface area contributed by atoms with Gasteiger partial charge in [0, 0.05) is 4.90 Å². The molecule has 0 unspecified atom stereocenters. The van der Waals surface area contributed by atoms with E-state index in [9.17, 15) is 14.4 Å². The lowest BCUT2D eigenvalue weighted by molar-refractivity contribution is -0.122. The minimum Gasteiger partial charge on any atom is -0.449 e. The maximum absolute atomic E-state index is 13.5. The Morgan fingerprint density at radius 2 is 1.57 bits per heavy atom. The molecule has 4 saturated carbocycles. The zero-order chi connectivity index (χ0) is 27.6. The summed E-state index contributed by atoms with van der Waals surface area (Å²) in [5, 5.41) is 2.92. The van der Waals surface area contributed by atoms with Crippen LogP contribution in [0.3, 0.4) is 0 Å². The summed E-state index contributed by atoms with van der Waals surface area (Å²) in [7, 11) is 0. The van der Waals surface area contributed by atoms with Gasteiger partial charge in [0.15, 0.2) is 5.09 Å². The summed E-state index contributed by atoms with van der Waals surface area (Å²) in [6, 6.07) is 16.9. The Kier molecular flexibility index (Phi) is 6.31. The van der Waals surface area contributed by atoms with E-state index in [1.54, 1.807) is 6.07 Å². The Balaban J connectivity index is 1.13. The summed E-state index contributed by atoms with van der Waals surface area (Å²) in [5.74, 6) is 1.42. The van der Waals surface area contributed by atoms with E-state index in [0.717, 1.165) is 33.1 Å². The molecule has 2 heterocycles. The Bertz CT molecular complexity index is 1520. The summed E-state index contributed by atoms with van der Waals surface area (Å²) in [5.41, 5.74) is 3.00. The summed E-state index contributed by atoms with van der Waals surface area (Å²) in [6.45, 7) is 2.03. The number of nitrogens with zero attached hydrogens (tertiary/aromatic N) is 1. The van der Waals surface area contributed by atoms with Gasteiger partial charge in [0.1, 0.15) is 11.3 Å². The van der Waals surface area contributed by atoms with Crippen molar-refractivity contribution in [3.05, 3.63) is 81.5 Å². The number of hydrogen-bond acceptors (Lipinski definition) is 5. The van der Waals surface area contributed by atoms with Crippen LogP contribution in [0.4, 0.5) is 10.5 Å². The largest absolute Gasteiger partial charge is 0.449 e. The number of barbiturate groups is 1. The van der Waals surface area contributed by atoms with Crippen molar-refractivity contribution in [3.63, 3.8) is 0 Å². The van der Waals surface area contributed by atoms with Gasteiger partial charge in [-0.25, -0.2) is 9.69 Å². The smallest absolute Gasteiger partial charge is 0.335 e. The maximum atomic E-state index is 13.5. The number of halogens is 1. The molecule has 1 N–H and O–H groups in total. The van der Waals surface area contributed by atoms with Crippen LogP contribution >= 0.6 is 27.7 Å². The molecule has 2 aromatic carbocycles. The van der Waals surface area contributed by atoms with E-state index in [2.05, 4.69) is 33.4 Å². The molecule has 0 atom stereocenters. The highest BCUT2D eigenvalue weighted by Crippen LogP contribution is 2.60. The molecule has 0 radical (unpaired) electrons. The van der Waals surface area contributed by atoms with Gasteiger partial charge in [0.25, 0.3) is 11.8 Å². The van der Waals surface area contributed by atoms with Crippen LogP contribution in [0.1, 0.15) is 55.4 Å². The SMILES string of the molecule is Cc1ccc(Sc2oc(/C=C3\C(=O)NC(=O)N(c4ccc(C56CC7CC(CC(C7)C5)C6)cc4)C3=O)cc2Br)cc1. The highest BCUT2D eigenvalue weighted by Gasteiger charge is 2.51. The standard InChI is InChI=1S/C32H29BrN2O4S/c1-18-2-8-25(9-3-18)40-30-27(33)14-24(39-30)13-26-28(36)34-31(38)35(29(26)37)23-6-4-22(5-7-23)32-15-19-10-20(16-32)12-21(11-19)17-32/h2-9,13-14,19-21H,10-12,15-17H2,1H3,(H,34,36,38)/b26-13+. The molecule has 8 rings (SSSR count). The molecule has 3 aromatic rings. The first-order valence-corrected chi connectivity index (χ1v) is 15.4. The van der Waals surface area contributed by atoms with Gasteiger partial charge < -0.3 is 4.42 Å². The van der Waals surface area contributed by atoms with Crippen LogP contribution in [0.15, 0.2) is 79.0 Å². The van der Waals surface area contributed by atoms with Crippen LogP contribution in [0.25, 0.3) is 6.08 Å². The quantitative estimate of drug-likeness (QED) is 0.235. The average molecular weight is 618 g/mol. The molecule has 0 spiro atoms. The molecule has 1 saturated heterocycles. The van der Waals surface area contributed by atoms with Crippen LogP contribution in [0, 0.1) is 24.7 Å². The fourth-order valence-corrected chi connectivity index (χ4v) is 9.02. The highest BCUT2D eigenvalue weighted by atomic mass is 79.9. The van der Waals surface area contributed by atoms with Crippen LogP contribution in [0.2, 0.25) is 0 Å². The van der Waals surface area contributed by atoms with Gasteiger partial charge in [-0.3, -0.25) is 14.9 Å². The van der Waals surface area contributed by atoms with Gasteiger partial charge in [-0.15, -0.1) is 0 Å². The van der Waals surface area contributed by atoms with E-state index < -0.39 is 17.8 Å². The Hall–Kier alpha value is -3.10. The lowest BCUT2D eigenvalue weighted by Gasteiger charge is -2.57. The fourth-order valence-electron chi connectivity index (χ4n) is 7.69. The summed E-state index contributed by atoms with van der Waals surface area (Å²) in [4.78, 5) is 41.1. The van der Waals surface area contributed by atoms with Crippen LogP contribution in [0.5, 0.6) is 0 Å². The van der Waals surface area contributed by atoms with E-state index in [4.69, 9.17) is 4.42 Å². The molecule has 5 fully saturated rings. The Morgan fingerprint density at radius 1 is 0.950 bits per heavy atom. The molecule has 4 amide bonds. The lowest BCUT2D eigenvalue weighted by atomic mass is 9.48. The molecule has 204 valence electrons. The average Bonchev–Trinajstić information content (AvgIpc) is 3.25. The third-order valence-electron chi connectivity index (χ3n) is 9.07. The minimum absolute atomic E-state index is 0.155. The summed E-state index contributed by atoms with van der Waals surface area (Å²) < 4.78 is 6.66. The van der Waals surface area contributed by atoms with Gasteiger partial charge in [-0.05, 0) is 127 Å². The number of hydrogen-bond donors (Lipinski definition) is 1. The van der Waals surface area contributed by atoms with Crippen molar-refractivity contribution in [1.82, 2.24) is 5.32 Å². The van der Waals surface area contributed by atoms with E-state index >= 15 is 0 Å². The summed E-state index contributed by atoms with van der Waals surface area (Å²) >= 11 is 4.95. The van der Waals surface area contributed by atoms with Crippen molar-refractivity contribution < 1.29 is 18.8 Å². The first kappa shape index (κ1) is 25.8. The number of carbonyl (C=O) groups is 3. The number of nitrogens with one attached hydrogen (secondary N) is 1. The minimum atomic E-state index is -0.744. The second-order valence-electron chi connectivity index (χ2n) is 11.9. The number of benzene rings is 2. The molecule has 4 bridgehead atoms. The number of anilines is 1. The predicted octanol–water partition coefficient (Wildman–Crippen LogP) is 7.64. The van der Waals surface area contributed by atoms with Crippen molar-refractivity contribution in [3.8, 4) is 0 Å². The Morgan fingerprint density at radius 3 is 2.20 bits per heavy atom. The van der Waals surface area contributed by atoms with Gasteiger partial charge in [-0.2, -0.15) is 0 Å². The van der Waals surface area contributed by atoms with E-state index in [1.165, 1.54) is 61.9 Å². The summed E-state index contributed by atoms with van der Waals surface area (Å²) in [6.07, 6.45) is 9.25. The Labute approximate surface area is 245 Å². The van der Waals surface area contributed by atoms with E-state index in [1.807, 2.05) is 43.3 Å². The first-order valence-electron chi connectivity index (χ1n) is 13.8. The van der Waals surface area contributed by atoms with Crippen LogP contribution in [-0.2, 0) is 15.0 Å². The number of carbonyl (C=O) groups excluding carboxylic acids is 3. The zero-order valence-electron chi connectivity index (χ0n) is 22.1. The van der Waals surface area contributed by atoms with Crippen molar-refractivity contribution in [1.29, 1.82) is 0 Å². The molecule has 40 heavy (non-hydrogen) atoms. The monoisotopic (exact) mass is 616 g/mol. The number of rotatable bonds is 5. The van der Waals surface area contributed by atoms with Crippen molar-refractivity contribution in [2.24, 2.45) is 17.8 Å². The predicted molar refractivity (Wildman–Crippen MR) is 157 cm³/mol. The van der Waals surface area contributed by atoms with Crippen molar-refractivity contribution in [2.75, 3.05) is 4.90 Å². The third-order valence-corrected chi connectivity index (χ3v) is 10.9. The second-order valence-corrected chi connectivity index (χ2v) is 13.8. The van der Waals surface area contributed by atoms with E-state index in [0.29, 0.717) is 21.0 Å². The number of imide groups is 2. The van der Waals surface area contributed by atoms with E-state index in [-0.39, 0.29) is 11.0 Å². The van der Waals surface area contributed by atoms with Gasteiger partial charge >= 0.3 is 6.03 Å². The van der Waals surface area contributed by atoms with Crippen LogP contribution in [-0.4, -0.2) is 17.8 Å². The molecule has 8 heteroatoms. The normalized spacial score (nSPS) is 28.4. The second kappa shape index (κ2) is 9.77. The molecule has 4 aliphatic carbocycles. The molecule has 1 aromatic heterocycles. The zero-order valence-corrected chi connectivity index (χ0v) is 24.5. The molecular formula is C32H29BrN2O4S. The molecule has 5 aliphatic rings. The van der Waals surface area contributed by atoms with Gasteiger partial charge in [0.05, 0.1) is 10.2 Å². The van der Waals surface area contributed by atoms with Crippen molar-refractivity contribution >= 4 is 57.3 Å². The molecule has 6 nitrogen and oxygen atoms in total. The molecular weight excluding hydrogens is 588 g/mol. The number of furan rings is 1. The van der Waals surface area contributed by atoms with Crippen molar-refractivity contribution in [2.45, 2.75) is 60.9 Å². The first-order chi connectivity index (χ1) is 19.3. The molecule has 1 aliphatic heterocycles. The number of aryl methyl sites for hydroxylation is 1. The number of amides is 4. The highest BCUT2D eigenvalue weighted by molar-refractivity contribution is 9.10. The fraction of sp³-hybridized carbons (Fsp3) is 0.344. The third kappa shape index (κ3) is 4.55. The van der Waals surface area contributed by atoms with Gasteiger partial charge in [-0.1, -0.05) is 41.6 Å². The van der Waals surface area contributed by atoms with Crippen LogP contribution < -0.4 is 10.2 Å². The topological polar surface area (TPSA) is 79.6 Å². The maximum Gasteiger partial charge on any atom is 0.335 e. The number of urea groups is 1.